The first-order chi connectivity index (χ1) is 6.76. The van der Waals surface area contributed by atoms with E-state index in [2.05, 4.69) is 0 Å². The molecule has 5 atom stereocenters. The lowest BCUT2D eigenvalue weighted by molar-refractivity contribution is -0.0970. The summed E-state index contributed by atoms with van der Waals surface area (Å²) in [6.07, 6.45) is 1.40. The molecule has 14 heavy (non-hydrogen) atoms. The van der Waals surface area contributed by atoms with E-state index in [-0.39, 0.29) is 12.2 Å². The van der Waals surface area contributed by atoms with Crippen molar-refractivity contribution < 1.29 is 19.3 Å². The van der Waals surface area contributed by atoms with E-state index < -0.39 is 6.29 Å². The SMILES string of the molecule is COC[C@H]1[C@@H]2CC(O)O[C@@H]2C[C@@H]1OC. The zero-order chi connectivity index (χ0) is 10.1. The van der Waals surface area contributed by atoms with Gasteiger partial charge in [0.1, 0.15) is 0 Å². The summed E-state index contributed by atoms with van der Waals surface area (Å²) in [6.45, 7) is 0.690. The van der Waals surface area contributed by atoms with Crippen molar-refractivity contribution in [1.29, 1.82) is 0 Å². The van der Waals surface area contributed by atoms with Crippen LogP contribution < -0.4 is 0 Å². The predicted molar refractivity (Wildman–Crippen MR) is 49.8 cm³/mol. The van der Waals surface area contributed by atoms with Crippen LogP contribution in [0.2, 0.25) is 0 Å². The Kier molecular flexibility index (Phi) is 3.07. The van der Waals surface area contributed by atoms with Gasteiger partial charge in [-0.2, -0.15) is 0 Å². The maximum absolute atomic E-state index is 9.38. The second kappa shape index (κ2) is 4.14. The van der Waals surface area contributed by atoms with Gasteiger partial charge in [0.05, 0.1) is 18.8 Å². The minimum absolute atomic E-state index is 0.162. The number of methoxy groups -OCH3 is 2. The van der Waals surface area contributed by atoms with Crippen molar-refractivity contribution in [2.24, 2.45) is 11.8 Å². The van der Waals surface area contributed by atoms with Gasteiger partial charge in [-0.05, 0) is 5.92 Å². The fraction of sp³-hybridized carbons (Fsp3) is 1.00. The van der Waals surface area contributed by atoms with E-state index in [0.717, 1.165) is 12.8 Å². The number of rotatable bonds is 3. The first-order valence-corrected chi connectivity index (χ1v) is 5.11. The summed E-state index contributed by atoms with van der Waals surface area (Å²) in [5.74, 6) is 0.766. The molecule has 1 aliphatic carbocycles. The highest BCUT2D eigenvalue weighted by atomic mass is 16.6. The summed E-state index contributed by atoms with van der Waals surface area (Å²) in [5, 5.41) is 9.38. The normalized spacial score (nSPS) is 46.9. The van der Waals surface area contributed by atoms with Crippen LogP contribution in [0, 0.1) is 11.8 Å². The number of ether oxygens (including phenoxy) is 3. The molecular formula is C10H18O4. The molecule has 1 aliphatic heterocycles. The highest BCUT2D eigenvalue weighted by Gasteiger charge is 2.49. The maximum atomic E-state index is 9.38. The van der Waals surface area contributed by atoms with Crippen molar-refractivity contribution >= 4 is 0 Å². The Hall–Kier alpha value is -0.160. The lowest BCUT2D eigenvalue weighted by Gasteiger charge is -2.21. The third-order valence-corrected chi connectivity index (χ3v) is 3.44. The highest BCUT2D eigenvalue weighted by molar-refractivity contribution is 4.96. The van der Waals surface area contributed by atoms with Crippen molar-refractivity contribution in [3.8, 4) is 0 Å². The largest absolute Gasteiger partial charge is 0.384 e. The first-order valence-electron chi connectivity index (χ1n) is 5.11. The van der Waals surface area contributed by atoms with Crippen molar-refractivity contribution in [2.75, 3.05) is 20.8 Å². The number of fused-ring (bicyclic) bond motifs is 1. The van der Waals surface area contributed by atoms with Gasteiger partial charge >= 0.3 is 0 Å². The molecule has 1 saturated heterocycles. The lowest BCUT2D eigenvalue weighted by atomic mass is 9.93. The zero-order valence-corrected chi connectivity index (χ0v) is 8.68. The van der Waals surface area contributed by atoms with E-state index in [1.54, 1.807) is 14.2 Å². The topological polar surface area (TPSA) is 47.9 Å². The summed E-state index contributed by atoms with van der Waals surface area (Å²) in [5.41, 5.74) is 0. The predicted octanol–water partition coefficient (Wildman–Crippen LogP) is 0.391. The van der Waals surface area contributed by atoms with Crippen molar-refractivity contribution in [3.05, 3.63) is 0 Å². The fourth-order valence-electron chi connectivity index (χ4n) is 2.80. The second-order valence-electron chi connectivity index (χ2n) is 4.16. The molecule has 82 valence electrons. The van der Waals surface area contributed by atoms with Gasteiger partial charge in [0.25, 0.3) is 0 Å². The van der Waals surface area contributed by atoms with Gasteiger partial charge in [-0.3, -0.25) is 0 Å². The molecule has 2 rings (SSSR count). The third-order valence-electron chi connectivity index (χ3n) is 3.44. The van der Waals surface area contributed by atoms with Crippen LogP contribution in [0.25, 0.3) is 0 Å². The van der Waals surface area contributed by atoms with Gasteiger partial charge in [-0.25, -0.2) is 0 Å². The van der Waals surface area contributed by atoms with Crippen LogP contribution in [-0.2, 0) is 14.2 Å². The van der Waals surface area contributed by atoms with E-state index >= 15 is 0 Å². The van der Waals surface area contributed by atoms with E-state index in [0.29, 0.717) is 18.4 Å². The van der Waals surface area contributed by atoms with Crippen LogP contribution in [0.3, 0.4) is 0 Å². The molecule has 4 heteroatoms. The van der Waals surface area contributed by atoms with Crippen molar-refractivity contribution in [2.45, 2.75) is 31.3 Å². The van der Waals surface area contributed by atoms with Gasteiger partial charge in [0, 0.05) is 33.0 Å². The molecule has 0 aromatic rings. The summed E-state index contributed by atoms with van der Waals surface area (Å²) < 4.78 is 16.0. The lowest BCUT2D eigenvalue weighted by Crippen LogP contribution is -2.26. The van der Waals surface area contributed by atoms with Crippen LogP contribution >= 0.6 is 0 Å². The maximum Gasteiger partial charge on any atom is 0.155 e. The molecule has 0 amide bonds. The Morgan fingerprint density at radius 2 is 2.14 bits per heavy atom. The van der Waals surface area contributed by atoms with E-state index in [1.165, 1.54) is 0 Å². The van der Waals surface area contributed by atoms with Crippen LogP contribution in [-0.4, -0.2) is 44.4 Å². The standard InChI is InChI=1S/C10H18O4/c1-12-5-7-6-3-10(11)14-9(6)4-8(7)13-2/h6-11H,3-5H2,1-2H3/t6-,7-,8-,9+,10?/m0/s1. The first kappa shape index (κ1) is 10.4. The van der Waals surface area contributed by atoms with Crippen molar-refractivity contribution in [3.63, 3.8) is 0 Å². The number of aliphatic hydroxyl groups is 1. The molecule has 2 aliphatic rings. The van der Waals surface area contributed by atoms with E-state index in [9.17, 15) is 5.11 Å². The minimum Gasteiger partial charge on any atom is -0.384 e. The molecule has 0 bridgehead atoms. The van der Waals surface area contributed by atoms with Gasteiger partial charge < -0.3 is 19.3 Å². The minimum atomic E-state index is -0.581. The average Bonchev–Trinajstić information content (AvgIpc) is 2.64. The molecule has 4 nitrogen and oxygen atoms in total. The summed E-state index contributed by atoms with van der Waals surface area (Å²) in [7, 11) is 3.43. The Balaban J connectivity index is 2.02. The van der Waals surface area contributed by atoms with Crippen LogP contribution in [0.5, 0.6) is 0 Å². The number of aliphatic hydroxyl groups excluding tert-OH is 1. The molecule has 1 saturated carbocycles. The van der Waals surface area contributed by atoms with E-state index in [4.69, 9.17) is 14.2 Å². The van der Waals surface area contributed by atoms with Crippen LogP contribution in [0.1, 0.15) is 12.8 Å². The third kappa shape index (κ3) is 1.67. The summed E-state index contributed by atoms with van der Waals surface area (Å²) >= 11 is 0. The number of hydrogen-bond donors (Lipinski definition) is 1. The molecule has 0 aromatic heterocycles. The zero-order valence-electron chi connectivity index (χ0n) is 8.68. The average molecular weight is 202 g/mol. The van der Waals surface area contributed by atoms with Gasteiger partial charge in [0.15, 0.2) is 6.29 Å². The quantitative estimate of drug-likeness (QED) is 0.719. The molecule has 1 heterocycles. The number of hydrogen-bond acceptors (Lipinski definition) is 4. The molecule has 0 spiro atoms. The Morgan fingerprint density at radius 1 is 1.36 bits per heavy atom. The summed E-state index contributed by atoms with van der Waals surface area (Å²) in [4.78, 5) is 0. The van der Waals surface area contributed by atoms with Gasteiger partial charge in [-0.1, -0.05) is 0 Å². The molecule has 1 unspecified atom stereocenters. The monoisotopic (exact) mass is 202 g/mol. The molecular weight excluding hydrogens is 184 g/mol. The van der Waals surface area contributed by atoms with Crippen LogP contribution in [0.4, 0.5) is 0 Å². The Labute approximate surface area is 84.1 Å². The summed E-state index contributed by atoms with van der Waals surface area (Å²) in [6, 6.07) is 0. The van der Waals surface area contributed by atoms with Crippen LogP contribution in [0.15, 0.2) is 0 Å². The fourth-order valence-corrected chi connectivity index (χ4v) is 2.80. The smallest absolute Gasteiger partial charge is 0.155 e. The van der Waals surface area contributed by atoms with Crippen molar-refractivity contribution in [1.82, 2.24) is 0 Å². The van der Waals surface area contributed by atoms with E-state index in [1.807, 2.05) is 0 Å². The highest BCUT2D eigenvalue weighted by Crippen LogP contribution is 2.43. The van der Waals surface area contributed by atoms with Gasteiger partial charge in [0.2, 0.25) is 0 Å². The Bertz CT molecular complexity index is 197. The molecule has 0 aromatic carbocycles. The van der Waals surface area contributed by atoms with Gasteiger partial charge in [-0.15, -0.1) is 0 Å². The molecule has 1 N–H and O–H groups in total. The second-order valence-corrected chi connectivity index (χ2v) is 4.16. The molecule has 2 fully saturated rings. The Morgan fingerprint density at radius 3 is 2.79 bits per heavy atom. The molecule has 0 radical (unpaired) electrons.